The summed E-state index contributed by atoms with van der Waals surface area (Å²) in [7, 11) is 0. The summed E-state index contributed by atoms with van der Waals surface area (Å²) in [4.78, 5) is 13.7. The van der Waals surface area contributed by atoms with Gasteiger partial charge in [-0.3, -0.25) is 4.79 Å². The minimum Gasteiger partial charge on any atom is -0.487 e. The van der Waals surface area contributed by atoms with Crippen LogP contribution in [-0.2, 0) is 11.2 Å². The van der Waals surface area contributed by atoms with Crippen LogP contribution >= 0.6 is 0 Å². The van der Waals surface area contributed by atoms with E-state index in [0.29, 0.717) is 12.6 Å². The second-order valence-corrected chi connectivity index (χ2v) is 6.21. The van der Waals surface area contributed by atoms with Crippen LogP contribution in [0, 0.1) is 0 Å². The van der Waals surface area contributed by atoms with Crippen molar-refractivity contribution in [3.63, 3.8) is 0 Å². The fraction of sp³-hybridized carbons (Fsp3) is 0.588. The maximum absolute atomic E-state index is 11.9. The molecule has 4 heteroatoms. The highest BCUT2D eigenvalue weighted by Crippen LogP contribution is 2.34. The molecular formula is C17H24N2O2. The van der Waals surface area contributed by atoms with Crippen molar-refractivity contribution < 1.29 is 9.53 Å². The quantitative estimate of drug-likeness (QED) is 0.909. The van der Waals surface area contributed by atoms with Crippen molar-refractivity contribution in [2.75, 3.05) is 18.0 Å². The van der Waals surface area contributed by atoms with Gasteiger partial charge in [-0.15, -0.1) is 0 Å². The normalized spacial score (nSPS) is 25.1. The number of anilines is 1. The Bertz CT molecular complexity index is 524. The molecule has 1 fully saturated rings. The highest BCUT2D eigenvalue weighted by Gasteiger charge is 2.26. The standard InChI is InChI=1S/C17H24N2O2/c1-12-11-19(13(2)20)16-10-14(6-7-17(16)21-12)9-15-5-3-4-8-18-15/h6-7,10,12,15,18H,3-5,8-9,11H2,1-2H3. The molecule has 2 aliphatic heterocycles. The van der Waals surface area contributed by atoms with E-state index in [1.165, 1.54) is 24.8 Å². The average Bonchev–Trinajstić information content (AvgIpc) is 2.47. The Kier molecular flexibility index (Phi) is 4.15. The van der Waals surface area contributed by atoms with Gasteiger partial charge in [0.05, 0.1) is 12.2 Å². The lowest BCUT2D eigenvalue weighted by atomic mass is 9.97. The number of hydrogen-bond acceptors (Lipinski definition) is 3. The molecule has 0 saturated carbocycles. The first-order valence-corrected chi connectivity index (χ1v) is 7.94. The Labute approximate surface area is 126 Å². The number of carbonyl (C=O) groups is 1. The molecule has 1 aromatic carbocycles. The molecule has 0 radical (unpaired) electrons. The third kappa shape index (κ3) is 3.21. The van der Waals surface area contributed by atoms with Gasteiger partial charge in [0.15, 0.2) is 0 Å². The minimum atomic E-state index is 0.0484. The minimum absolute atomic E-state index is 0.0484. The number of carbonyl (C=O) groups excluding carboxylic acids is 1. The molecule has 1 aromatic rings. The summed E-state index contributed by atoms with van der Waals surface area (Å²) in [5.41, 5.74) is 2.20. The van der Waals surface area contributed by atoms with Gasteiger partial charge in [-0.2, -0.15) is 0 Å². The topological polar surface area (TPSA) is 41.6 Å². The van der Waals surface area contributed by atoms with Crippen molar-refractivity contribution in [1.29, 1.82) is 0 Å². The number of ether oxygens (including phenoxy) is 1. The molecular weight excluding hydrogens is 264 g/mol. The number of piperidine rings is 1. The van der Waals surface area contributed by atoms with Crippen molar-refractivity contribution >= 4 is 11.6 Å². The van der Waals surface area contributed by atoms with Crippen LogP contribution in [0.25, 0.3) is 0 Å². The third-order valence-electron chi connectivity index (χ3n) is 4.36. The molecule has 21 heavy (non-hydrogen) atoms. The van der Waals surface area contributed by atoms with Gasteiger partial charge in [0.1, 0.15) is 11.9 Å². The first-order chi connectivity index (χ1) is 10.1. The van der Waals surface area contributed by atoms with Crippen LogP contribution in [0.3, 0.4) is 0 Å². The van der Waals surface area contributed by atoms with E-state index in [4.69, 9.17) is 4.74 Å². The SMILES string of the molecule is CC(=O)N1CC(C)Oc2ccc(CC3CCCCN3)cc21. The van der Waals surface area contributed by atoms with E-state index in [-0.39, 0.29) is 12.0 Å². The van der Waals surface area contributed by atoms with E-state index in [1.807, 2.05) is 17.9 Å². The van der Waals surface area contributed by atoms with Gasteiger partial charge in [-0.1, -0.05) is 12.5 Å². The van der Waals surface area contributed by atoms with E-state index in [2.05, 4.69) is 17.4 Å². The molecule has 2 atom stereocenters. The summed E-state index contributed by atoms with van der Waals surface area (Å²) in [5.74, 6) is 0.906. The number of rotatable bonds is 2. The van der Waals surface area contributed by atoms with E-state index < -0.39 is 0 Å². The summed E-state index contributed by atoms with van der Waals surface area (Å²) in [5, 5.41) is 3.58. The zero-order valence-electron chi connectivity index (χ0n) is 12.9. The summed E-state index contributed by atoms with van der Waals surface area (Å²) in [6, 6.07) is 6.83. The van der Waals surface area contributed by atoms with Gasteiger partial charge < -0.3 is 15.0 Å². The predicted molar refractivity (Wildman–Crippen MR) is 83.9 cm³/mol. The van der Waals surface area contributed by atoms with E-state index in [9.17, 15) is 4.79 Å². The largest absolute Gasteiger partial charge is 0.487 e. The Balaban J connectivity index is 1.81. The fourth-order valence-corrected chi connectivity index (χ4v) is 3.29. The van der Waals surface area contributed by atoms with Gasteiger partial charge in [-0.05, 0) is 50.4 Å². The predicted octanol–water partition coefficient (Wildman–Crippen LogP) is 2.50. The molecule has 114 valence electrons. The van der Waals surface area contributed by atoms with Gasteiger partial charge in [-0.25, -0.2) is 0 Å². The molecule has 1 saturated heterocycles. The van der Waals surface area contributed by atoms with Crippen molar-refractivity contribution in [3.05, 3.63) is 23.8 Å². The lowest BCUT2D eigenvalue weighted by Gasteiger charge is -2.33. The number of nitrogens with one attached hydrogen (secondary N) is 1. The Morgan fingerprint density at radius 3 is 3.00 bits per heavy atom. The van der Waals surface area contributed by atoms with Crippen LogP contribution in [0.4, 0.5) is 5.69 Å². The van der Waals surface area contributed by atoms with Crippen molar-refractivity contribution in [3.8, 4) is 5.75 Å². The van der Waals surface area contributed by atoms with Crippen LogP contribution in [0.1, 0.15) is 38.7 Å². The molecule has 1 amide bonds. The maximum atomic E-state index is 11.9. The smallest absolute Gasteiger partial charge is 0.224 e. The fourth-order valence-electron chi connectivity index (χ4n) is 3.29. The van der Waals surface area contributed by atoms with E-state index in [1.54, 1.807) is 6.92 Å². The Morgan fingerprint density at radius 1 is 1.43 bits per heavy atom. The number of benzene rings is 1. The van der Waals surface area contributed by atoms with Gasteiger partial charge in [0.25, 0.3) is 0 Å². The zero-order valence-corrected chi connectivity index (χ0v) is 12.9. The highest BCUT2D eigenvalue weighted by atomic mass is 16.5. The number of amides is 1. The van der Waals surface area contributed by atoms with Crippen LogP contribution in [0.5, 0.6) is 5.75 Å². The molecule has 0 bridgehead atoms. The zero-order chi connectivity index (χ0) is 14.8. The molecule has 2 aliphatic rings. The molecule has 0 spiro atoms. The summed E-state index contributed by atoms with van der Waals surface area (Å²) in [6.45, 7) is 5.37. The van der Waals surface area contributed by atoms with Crippen LogP contribution in [0.15, 0.2) is 18.2 Å². The first kappa shape index (κ1) is 14.4. The first-order valence-electron chi connectivity index (χ1n) is 7.94. The van der Waals surface area contributed by atoms with Crippen molar-refractivity contribution in [2.24, 2.45) is 0 Å². The molecule has 4 nitrogen and oxygen atoms in total. The second-order valence-electron chi connectivity index (χ2n) is 6.21. The van der Waals surface area contributed by atoms with E-state index in [0.717, 1.165) is 24.4 Å². The third-order valence-corrected chi connectivity index (χ3v) is 4.36. The lowest BCUT2D eigenvalue weighted by Crippen LogP contribution is -2.41. The molecule has 0 aromatic heterocycles. The number of fused-ring (bicyclic) bond motifs is 1. The van der Waals surface area contributed by atoms with Crippen LogP contribution in [0.2, 0.25) is 0 Å². The molecule has 3 rings (SSSR count). The van der Waals surface area contributed by atoms with Gasteiger partial charge in [0, 0.05) is 13.0 Å². The van der Waals surface area contributed by atoms with Crippen LogP contribution in [-0.4, -0.2) is 31.1 Å². The molecule has 1 N–H and O–H groups in total. The monoisotopic (exact) mass is 288 g/mol. The van der Waals surface area contributed by atoms with Gasteiger partial charge in [0.2, 0.25) is 5.91 Å². The number of nitrogens with zero attached hydrogens (tertiary/aromatic N) is 1. The van der Waals surface area contributed by atoms with Crippen molar-refractivity contribution in [2.45, 2.75) is 51.7 Å². The number of hydrogen-bond donors (Lipinski definition) is 1. The second kappa shape index (κ2) is 6.06. The Hall–Kier alpha value is -1.55. The lowest BCUT2D eigenvalue weighted by molar-refractivity contribution is -0.117. The Morgan fingerprint density at radius 2 is 2.29 bits per heavy atom. The highest BCUT2D eigenvalue weighted by molar-refractivity contribution is 5.93. The summed E-state index contributed by atoms with van der Waals surface area (Å²) >= 11 is 0. The summed E-state index contributed by atoms with van der Waals surface area (Å²) in [6.07, 6.45) is 4.90. The van der Waals surface area contributed by atoms with Crippen LogP contribution < -0.4 is 15.0 Å². The molecule has 0 aliphatic carbocycles. The molecule has 2 heterocycles. The summed E-state index contributed by atoms with van der Waals surface area (Å²) < 4.78 is 5.85. The van der Waals surface area contributed by atoms with E-state index >= 15 is 0 Å². The maximum Gasteiger partial charge on any atom is 0.224 e. The van der Waals surface area contributed by atoms with Gasteiger partial charge >= 0.3 is 0 Å². The molecule has 2 unspecified atom stereocenters. The average molecular weight is 288 g/mol. The van der Waals surface area contributed by atoms with Crippen molar-refractivity contribution in [1.82, 2.24) is 5.32 Å².